The molecule has 17 heavy (non-hydrogen) atoms. The maximum absolute atomic E-state index is 5.87. The summed E-state index contributed by atoms with van der Waals surface area (Å²) in [6.07, 6.45) is 1.02. The Bertz CT molecular complexity index is 509. The van der Waals surface area contributed by atoms with Crippen LogP contribution in [0.3, 0.4) is 0 Å². The minimum atomic E-state index is 0.465. The summed E-state index contributed by atoms with van der Waals surface area (Å²) in [5, 5.41) is 1.06. The first-order chi connectivity index (χ1) is 8.16. The summed E-state index contributed by atoms with van der Waals surface area (Å²) in [7, 11) is 0. The van der Waals surface area contributed by atoms with Gasteiger partial charge in [-0.25, -0.2) is 4.98 Å². The molecule has 0 amide bonds. The zero-order valence-corrected chi connectivity index (χ0v) is 10.3. The van der Waals surface area contributed by atoms with E-state index in [4.69, 9.17) is 10.5 Å². The van der Waals surface area contributed by atoms with Gasteiger partial charge in [0.1, 0.15) is 0 Å². The number of nitrogens with two attached hydrogens (primary N) is 1. The van der Waals surface area contributed by atoms with Gasteiger partial charge in [0.15, 0.2) is 11.6 Å². The van der Waals surface area contributed by atoms with Crippen LogP contribution in [0.2, 0.25) is 0 Å². The Balaban J connectivity index is 2.19. The monoisotopic (exact) mass is 230 g/mol. The van der Waals surface area contributed by atoms with Crippen LogP contribution >= 0.6 is 0 Å². The molecule has 90 valence electrons. The number of pyridine rings is 1. The zero-order chi connectivity index (χ0) is 12.3. The molecule has 0 aliphatic rings. The topological polar surface area (TPSA) is 48.1 Å². The highest BCUT2D eigenvalue weighted by atomic mass is 16.5. The predicted molar refractivity (Wildman–Crippen MR) is 71.1 cm³/mol. The molecule has 0 fully saturated rings. The Hall–Kier alpha value is -1.77. The molecule has 0 saturated carbocycles. The largest absolute Gasteiger partial charge is 0.490 e. The Labute approximate surface area is 102 Å². The fourth-order valence-electron chi connectivity index (χ4n) is 1.63. The number of para-hydroxylation sites is 1. The van der Waals surface area contributed by atoms with E-state index >= 15 is 0 Å². The summed E-state index contributed by atoms with van der Waals surface area (Å²) in [6, 6.07) is 9.85. The number of fused-ring (bicyclic) bond motifs is 1. The molecule has 0 saturated heterocycles. The van der Waals surface area contributed by atoms with Crippen LogP contribution in [0.1, 0.15) is 20.3 Å². The number of hydrogen-bond donors (Lipinski definition) is 1. The molecule has 1 heterocycles. The van der Waals surface area contributed by atoms with Gasteiger partial charge in [-0.1, -0.05) is 32.0 Å². The quantitative estimate of drug-likeness (QED) is 0.877. The van der Waals surface area contributed by atoms with Crippen molar-refractivity contribution in [2.24, 2.45) is 5.92 Å². The van der Waals surface area contributed by atoms with Gasteiger partial charge in [-0.05, 0) is 24.5 Å². The molecule has 0 aliphatic heterocycles. The van der Waals surface area contributed by atoms with Crippen LogP contribution in [0.25, 0.3) is 10.9 Å². The lowest BCUT2D eigenvalue weighted by atomic mass is 10.1. The van der Waals surface area contributed by atoms with E-state index < -0.39 is 0 Å². The molecule has 0 unspecified atom stereocenters. The number of nitrogens with zero attached hydrogens (tertiary/aromatic N) is 1. The molecule has 2 N–H and O–H groups in total. The Morgan fingerprint density at radius 2 is 2.06 bits per heavy atom. The molecule has 2 aromatic rings. The smallest absolute Gasteiger partial charge is 0.166 e. The van der Waals surface area contributed by atoms with Crippen molar-refractivity contribution in [3.8, 4) is 5.75 Å². The highest BCUT2D eigenvalue weighted by Crippen LogP contribution is 2.25. The average molecular weight is 230 g/mol. The maximum Gasteiger partial charge on any atom is 0.166 e. The van der Waals surface area contributed by atoms with Gasteiger partial charge in [0.05, 0.1) is 12.1 Å². The van der Waals surface area contributed by atoms with Crippen LogP contribution in [0, 0.1) is 5.92 Å². The van der Waals surface area contributed by atoms with Gasteiger partial charge < -0.3 is 10.5 Å². The average Bonchev–Trinajstić information content (AvgIpc) is 2.29. The minimum absolute atomic E-state index is 0.465. The zero-order valence-electron chi connectivity index (χ0n) is 10.3. The van der Waals surface area contributed by atoms with E-state index in [1.54, 1.807) is 0 Å². The van der Waals surface area contributed by atoms with Crippen molar-refractivity contribution < 1.29 is 4.74 Å². The molecule has 0 atom stereocenters. The van der Waals surface area contributed by atoms with Crippen LogP contribution in [-0.2, 0) is 0 Å². The summed E-state index contributed by atoms with van der Waals surface area (Å²) in [6.45, 7) is 5.03. The minimum Gasteiger partial charge on any atom is -0.490 e. The van der Waals surface area contributed by atoms with Crippen molar-refractivity contribution in [1.29, 1.82) is 0 Å². The van der Waals surface area contributed by atoms with Gasteiger partial charge in [-0.3, -0.25) is 0 Å². The van der Waals surface area contributed by atoms with Crippen molar-refractivity contribution >= 4 is 16.7 Å². The molecule has 0 spiro atoms. The highest BCUT2D eigenvalue weighted by molar-refractivity contribution is 5.82. The van der Waals surface area contributed by atoms with Gasteiger partial charge >= 0.3 is 0 Å². The lowest BCUT2D eigenvalue weighted by Gasteiger charge is -2.10. The Kier molecular flexibility index (Phi) is 3.47. The van der Waals surface area contributed by atoms with E-state index in [1.165, 1.54) is 0 Å². The van der Waals surface area contributed by atoms with Gasteiger partial charge in [-0.2, -0.15) is 0 Å². The third kappa shape index (κ3) is 2.87. The van der Waals surface area contributed by atoms with Gasteiger partial charge in [0.2, 0.25) is 0 Å². The number of rotatable bonds is 4. The molecule has 0 aliphatic carbocycles. The number of nitrogen functional groups attached to an aromatic ring is 1. The molecule has 3 nitrogen and oxygen atoms in total. The lowest BCUT2D eigenvalue weighted by molar-refractivity contribution is 0.290. The number of benzene rings is 1. The maximum atomic E-state index is 5.87. The van der Waals surface area contributed by atoms with Gasteiger partial charge in [0.25, 0.3) is 0 Å². The number of hydrogen-bond acceptors (Lipinski definition) is 3. The van der Waals surface area contributed by atoms with Crippen LogP contribution in [0.4, 0.5) is 5.82 Å². The van der Waals surface area contributed by atoms with Crippen LogP contribution in [0.15, 0.2) is 30.3 Å². The van der Waals surface area contributed by atoms with E-state index in [-0.39, 0.29) is 0 Å². The van der Waals surface area contributed by atoms with Crippen molar-refractivity contribution in [3.05, 3.63) is 30.3 Å². The van der Waals surface area contributed by atoms with E-state index in [9.17, 15) is 0 Å². The summed E-state index contributed by atoms with van der Waals surface area (Å²) in [4.78, 5) is 4.33. The summed E-state index contributed by atoms with van der Waals surface area (Å²) in [5.74, 6) is 1.78. The summed E-state index contributed by atoms with van der Waals surface area (Å²) in [5.41, 5.74) is 6.77. The van der Waals surface area contributed by atoms with Gasteiger partial charge in [-0.15, -0.1) is 0 Å². The third-order valence-corrected chi connectivity index (χ3v) is 2.67. The van der Waals surface area contributed by atoms with Crippen LogP contribution in [-0.4, -0.2) is 11.6 Å². The van der Waals surface area contributed by atoms with E-state index in [2.05, 4.69) is 18.8 Å². The van der Waals surface area contributed by atoms with Crippen molar-refractivity contribution in [2.75, 3.05) is 12.3 Å². The number of anilines is 1. The van der Waals surface area contributed by atoms with E-state index in [1.807, 2.05) is 30.3 Å². The third-order valence-electron chi connectivity index (χ3n) is 2.67. The normalized spacial score (nSPS) is 11.0. The molecule has 1 aromatic carbocycles. The second-order valence-electron chi connectivity index (χ2n) is 4.60. The summed E-state index contributed by atoms with van der Waals surface area (Å²) < 4.78 is 5.67. The second-order valence-corrected chi connectivity index (χ2v) is 4.60. The second kappa shape index (κ2) is 5.04. The Morgan fingerprint density at radius 3 is 2.82 bits per heavy atom. The predicted octanol–water partition coefficient (Wildman–Crippen LogP) is 3.24. The van der Waals surface area contributed by atoms with E-state index in [0.717, 1.165) is 17.3 Å². The molecular weight excluding hydrogens is 212 g/mol. The summed E-state index contributed by atoms with van der Waals surface area (Å²) >= 11 is 0. The van der Waals surface area contributed by atoms with Crippen molar-refractivity contribution in [2.45, 2.75) is 20.3 Å². The number of ether oxygens (including phenoxy) is 1. The molecule has 3 heteroatoms. The first-order valence-corrected chi connectivity index (χ1v) is 5.95. The fourth-order valence-corrected chi connectivity index (χ4v) is 1.63. The van der Waals surface area contributed by atoms with Gasteiger partial charge in [0, 0.05) is 5.39 Å². The van der Waals surface area contributed by atoms with Crippen molar-refractivity contribution in [1.82, 2.24) is 4.98 Å². The first-order valence-electron chi connectivity index (χ1n) is 5.95. The van der Waals surface area contributed by atoms with E-state index in [0.29, 0.717) is 24.1 Å². The number of aromatic nitrogens is 1. The molecule has 0 bridgehead atoms. The lowest BCUT2D eigenvalue weighted by Crippen LogP contribution is -2.04. The fraction of sp³-hybridized carbons (Fsp3) is 0.357. The van der Waals surface area contributed by atoms with Crippen LogP contribution < -0.4 is 10.5 Å². The molecule has 2 rings (SSSR count). The SMILES string of the molecule is CC(C)CCOc1cc2ccccc2nc1N. The first kappa shape index (κ1) is 11.7. The molecule has 1 aromatic heterocycles. The molecule has 0 radical (unpaired) electrons. The molecular formula is C14H18N2O. The standard InChI is InChI=1S/C14H18N2O/c1-10(2)7-8-17-13-9-11-5-3-4-6-12(11)16-14(13)15/h3-6,9-10H,7-8H2,1-2H3,(H2,15,16). The van der Waals surface area contributed by atoms with Crippen molar-refractivity contribution in [3.63, 3.8) is 0 Å². The van der Waals surface area contributed by atoms with Crippen LogP contribution in [0.5, 0.6) is 5.75 Å². The highest BCUT2D eigenvalue weighted by Gasteiger charge is 2.05. The Morgan fingerprint density at radius 1 is 1.29 bits per heavy atom.